The second-order valence-corrected chi connectivity index (χ2v) is 5.72. The summed E-state index contributed by atoms with van der Waals surface area (Å²) in [7, 11) is 0. The van der Waals surface area contributed by atoms with Gasteiger partial charge in [-0.1, -0.05) is 26.0 Å². The molecule has 3 nitrogen and oxygen atoms in total. The first-order valence-electron chi connectivity index (χ1n) is 6.60. The van der Waals surface area contributed by atoms with Crippen molar-refractivity contribution in [1.82, 2.24) is 5.32 Å². The molecule has 1 aromatic rings. The number of nitrogens with two attached hydrogens (primary N) is 1. The number of nitrogens with one attached hydrogen (secondary N) is 1. The van der Waals surface area contributed by atoms with E-state index in [4.69, 9.17) is 5.73 Å². The zero-order valence-electron chi connectivity index (χ0n) is 11.9. The summed E-state index contributed by atoms with van der Waals surface area (Å²) in [5.74, 6) is -0.00344. The molecule has 1 aromatic carbocycles. The molecule has 0 fully saturated rings. The second kappa shape index (κ2) is 6.66. The summed E-state index contributed by atoms with van der Waals surface area (Å²) in [5, 5.41) is 2.96. The highest BCUT2D eigenvalue weighted by Crippen LogP contribution is 2.15. The van der Waals surface area contributed by atoms with Gasteiger partial charge < -0.3 is 11.1 Å². The van der Waals surface area contributed by atoms with Gasteiger partial charge in [0.25, 0.3) is 0 Å². The van der Waals surface area contributed by atoms with Crippen LogP contribution in [0.3, 0.4) is 0 Å². The summed E-state index contributed by atoms with van der Waals surface area (Å²) in [4.78, 5) is 12.0. The van der Waals surface area contributed by atoms with Gasteiger partial charge >= 0.3 is 0 Å². The Morgan fingerprint density at radius 2 is 2.16 bits per heavy atom. The molecule has 1 amide bonds. The number of benzene rings is 1. The normalized spacial score (nSPS) is 14.2. The lowest BCUT2D eigenvalue weighted by molar-refractivity contribution is -0.122. The molecule has 0 aromatic heterocycles. The van der Waals surface area contributed by atoms with Gasteiger partial charge in [-0.3, -0.25) is 4.79 Å². The maximum absolute atomic E-state index is 13.0. The number of carbonyl (C=O) groups excluding carboxylic acids is 1. The molecule has 106 valence electrons. The van der Waals surface area contributed by atoms with Gasteiger partial charge in [-0.25, -0.2) is 4.39 Å². The fourth-order valence-corrected chi connectivity index (χ4v) is 2.30. The molecular weight excluding hydrogens is 243 g/mol. The minimum absolute atomic E-state index is 0.126. The zero-order valence-corrected chi connectivity index (χ0v) is 11.9. The Hall–Kier alpha value is -1.42. The van der Waals surface area contributed by atoms with Gasteiger partial charge in [-0.2, -0.15) is 0 Å². The Labute approximate surface area is 114 Å². The van der Waals surface area contributed by atoms with Crippen molar-refractivity contribution in [2.45, 2.75) is 39.2 Å². The third-order valence-corrected chi connectivity index (χ3v) is 3.00. The summed E-state index contributed by atoms with van der Waals surface area (Å²) in [6.07, 6.45) is 0.990. The standard InChI is InChI=1S/C15H23FN2O/c1-11(2)9-15(3,10-17)18-14(19)8-12-5-4-6-13(16)7-12/h4-7,11H,8-10,17H2,1-3H3,(H,18,19). The molecule has 1 atom stereocenters. The van der Waals surface area contributed by atoms with E-state index < -0.39 is 5.54 Å². The van der Waals surface area contributed by atoms with E-state index in [-0.39, 0.29) is 18.1 Å². The van der Waals surface area contributed by atoms with Gasteiger partial charge in [-0.15, -0.1) is 0 Å². The lowest BCUT2D eigenvalue weighted by atomic mass is 9.90. The molecule has 0 radical (unpaired) electrons. The van der Waals surface area contributed by atoms with Crippen molar-refractivity contribution in [2.75, 3.05) is 6.54 Å². The molecule has 0 heterocycles. The van der Waals surface area contributed by atoms with Gasteiger partial charge in [0.05, 0.1) is 6.42 Å². The largest absolute Gasteiger partial charge is 0.349 e. The van der Waals surface area contributed by atoms with Crippen molar-refractivity contribution in [3.05, 3.63) is 35.6 Å². The smallest absolute Gasteiger partial charge is 0.224 e. The molecular formula is C15H23FN2O. The lowest BCUT2D eigenvalue weighted by Crippen LogP contribution is -2.52. The number of hydrogen-bond donors (Lipinski definition) is 2. The molecule has 0 bridgehead atoms. The van der Waals surface area contributed by atoms with Crippen molar-refractivity contribution < 1.29 is 9.18 Å². The minimum Gasteiger partial charge on any atom is -0.349 e. The van der Waals surface area contributed by atoms with Crippen LogP contribution in [-0.2, 0) is 11.2 Å². The highest BCUT2D eigenvalue weighted by Gasteiger charge is 2.25. The van der Waals surface area contributed by atoms with E-state index in [0.29, 0.717) is 18.0 Å². The quantitative estimate of drug-likeness (QED) is 0.829. The van der Waals surface area contributed by atoms with Gasteiger partial charge in [-0.05, 0) is 37.0 Å². The molecule has 4 heteroatoms. The van der Waals surface area contributed by atoms with Crippen LogP contribution in [0.4, 0.5) is 4.39 Å². The van der Waals surface area contributed by atoms with Crippen molar-refractivity contribution in [3.8, 4) is 0 Å². The maximum Gasteiger partial charge on any atom is 0.224 e. The van der Waals surface area contributed by atoms with Crippen LogP contribution < -0.4 is 11.1 Å². The Balaban J connectivity index is 2.63. The van der Waals surface area contributed by atoms with E-state index in [1.54, 1.807) is 12.1 Å². The van der Waals surface area contributed by atoms with Crippen LogP contribution in [0, 0.1) is 11.7 Å². The third kappa shape index (κ3) is 5.39. The first-order chi connectivity index (χ1) is 8.84. The summed E-state index contributed by atoms with van der Waals surface area (Å²) >= 11 is 0. The monoisotopic (exact) mass is 266 g/mol. The number of carbonyl (C=O) groups is 1. The van der Waals surface area contributed by atoms with E-state index >= 15 is 0 Å². The molecule has 1 rings (SSSR count). The Morgan fingerprint density at radius 1 is 1.47 bits per heavy atom. The fourth-order valence-electron chi connectivity index (χ4n) is 2.30. The van der Waals surface area contributed by atoms with Crippen LogP contribution in [0.1, 0.15) is 32.8 Å². The van der Waals surface area contributed by atoms with Crippen molar-refractivity contribution in [1.29, 1.82) is 0 Å². The van der Waals surface area contributed by atoms with Crippen LogP contribution in [0.2, 0.25) is 0 Å². The molecule has 1 unspecified atom stereocenters. The number of amides is 1. The Morgan fingerprint density at radius 3 is 2.68 bits per heavy atom. The third-order valence-electron chi connectivity index (χ3n) is 3.00. The van der Waals surface area contributed by atoms with Crippen LogP contribution >= 0.6 is 0 Å². The van der Waals surface area contributed by atoms with Crippen LogP contribution in [-0.4, -0.2) is 18.0 Å². The van der Waals surface area contributed by atoms with E-state index in [1.807, 2.05) is 6.92 Å². The van der Waals surface area contributed by atoms with Gasteiger partial charge in [0.15, 0.2) is 0 Å². The van der Waals surface area contributed by atoms with Crippen LogP contribution in [0.25, 0.3) is 0 Å². The molecule has 0 saturated heterocycles. The van der Waals surface area contributed by atoms with Gasteiger partial charge in [0.1, 0.15) is 5.82 Å². The highest BCUT2D eigenvalue weighted by atomic mass is 19.1. The fraction of sp³-hybridized carbons (Fsp3) is 0.533. The average molecular weight is 266 g/mol. The Bertz CT molecular complexity index is 434. The predicted octanol–water partition coefficient (Wildman–Crippen LogP) is 2.25. The number of halogens is 1. The number of hydrogen-bond acceptors (Lipinski definition) is 2. The summed E-state index contributed by atoms with van der Waals surface area (Å²) in [5.41, 5.74) is 6.01. The molecule has 0 aliphatic heterocycles. The summed E-state index contributed by atoms with van der Waals surface area (Å²) in [6.45, 7) is 6.51. The molecule has 0 aliphatic rings. The molecule has 0 aliphatic carbocycles. The lowest BCUT2D eigenvalue weighted by Gasteiger charge is -2.31. The van der Waals surface area contributed by atoms with E-state index in [0.717, 1.165) is 6.42 Å². The molecule has 0 spiro atoms. The van der Waals surface area contributed by atoms with Gasteiger partial charge in [0.2, 0.25) is 5.91 Å². The highest BCUT2D eigenvalue weighted by molar-refractivity contribution is 5.79. The SMILES string of the molecule is CC(C)CC(C)(CN)NC(=O)Cc1cccc(F)c1. The van der Waals surface area contributed by atoms with E-state index in [9.17, 15) is 9.18 Å². The topological polar surface area (TPSA) is 55.1 Å². The maximum atomic E-state index is 13.0. The summed E-state index contributed by atoms with van der Waals surface area (Å²) in [6, 6.07) is 6.09. The molecule has 0 saturated carbocycles. The van der Waals surface area contributed by atoms with E-state index in [2.05, 4.69) is 19.2 Å². The predicted molar refractivity (Wildman–Crippen MR) is 75.2 cm³/mol. The first kappa shape index (κ1) is 15.6. The van der Waals surface area contributed by atoms with Crippen LogP contribution in [0.5, 0.6) is 0 Å². The van der Waals surface area contributed by atoms with Gasteiger partial charge in [0, 0.05) is 12.1 Å². The first-order valence-corrected chi connectivity index (χ1v) is 6.60. The molecule has 19 heavy (non-hydrogen) atoms. The number of rotatable bonds is 6. The van der Waals surface area contributed by atoms with Crippen molar-refractivity contribution in [3.63, 3.8) is 0 Å². The van der Waals surface area contributed by atoms with Crippen molar-refractivity contribution in [2.24, 2.45) is 11.7 Å². The molecule has 3 N–H and O–H groups in total. The van der Waals surface area contributed by atoms with Crippen LogP contribution in [0.15, 0.2) is 24.3 Å². The zero-order chi connectivity index (χ0) is 14.5. The van der Waals surface area contributed by atoms with E-state index in [1.165, 1.54) is 12.1 Å². The average Bonchev–Trinajstić information content (AvgIpc) is 2.27. The second-order valence-electron chi connectivity index (χ2n) is 5.72. The summed E-state index contributed by atoms with van der Waals surface area (Å²) < 4.78 is 13.0. The van der Waals surface area contributed by atoms with Crippen molar-refractivity contribution >= 4 is 5.91 Å². The minimum atomic E-state index is -0.404. The Kier molecular flexibility index (Phi) is 5.48.